The third-order valence-electron chi connectivity index (χ3n) is 6.26. The summed E-state index contributed by atoms with van der Waals surface area (Å²) in [5.74, 6) is 1.41. The Morgan fingerprint density at radius 2 is 2.06 bits per heavy atom. The van der Waals surface area contributed by atoms with Gasteiger partial charge in [-0.3, -0.25) is 0 Å². The van der Waals surface area contributed by atoms with Crippen molar-refractivity contribution in [1.29, 1.82) is 5.26 Å². The van der Waals surface area contributed by atoms with Crippen LogP contribution in [0.1, 0.15) is 42.0 Å². The summed E-state index contributed by atoms with van der Waals surface area (Å²) in [6, 6.07) is 11.7. The fourth-order valence-electron chi connectivity index (χ4n) is 4.37. The van der Waals surface area contributed by atoms with E-state index < -0.39 is 0 Å². The number of nitrogens with two attached hydrogens (primary N) is 1. The van der Waals surface area contributed by atoms with Crippen LogP contribution in [0.3, 0.4) is 0 Å². The Morgan fingerprint density at radius 1 is 1.25 bits per heavy atom. The number of anilines is 2. The van der Waals surface area contributed by atoms with E-state index in [1.54, 1.807) is 23.1 Å². The van der Waals surface area contributed by atoms with Gasteiger partial charge in [0, 0.05) is 44.2 Å². The molecule has 2 aliphatic heterocycles. The van der Waals surface area contributed by atoms with Crippen molar-refractivity contribution in [3.05, 3.63) is 47.2 Å². The molecule has 0 bridgehead atoms. The number of ether oxygens (including phenoxy) is 1. The largest absolute Gasteiger partial charge is 0.445 e. The van der Waals surface area contributed by atoms with Crippen LogP contribution in [0, 0.1) is 11.3 Å². The van der Waals surface area contributed by atoms with Gasteiger partial charge < -0.3 is 25.6 Å². The van der Waals surface area contributed by atoms with E-state index in [-0.39, 0.29) is 18.6 Å². The Balaban J connectivity index is 1.32. The standard InChI is InChI=1S/C23H29N7O2/c1-26-19-7-10-30(14-19)21-12-20(27-22(25)28-21)18-5-8-29(9-6-18)23(31)32-15-17-4-2-3-16(11-17)13-24/h2-4,11-12,18-19,26H,5-10,14-15H2,1H3,(H2,25,27,28)/t19-/m1/s1. The monoisotopic (exact) mass is 435 g/mol. The van der Waals surface area contributed by atoms with Crippen LogP contribution in [-0.2, 0) is 11.3 Å². The van der Waals surface area contributed by atoms with Gasteiger partial charge in [0.15, 0.2) is 0 Å². The van der Waals surface area contributed by atoms with Gasteiger partial charge in [-0.05, 0) is 44.0 Å². The van der Waals surface area contributed by atoms with Crippen LogP contribution in [0.5, 0.6) is 0 Å². The van der Waals surface area contributed by atoms with Crippen molar-refractivity contribution in [1.82, 2.24) is 20.2 Å². The number of piperidine rings is 1. The maximum atomic E-state index is 12.5. The number of likely N-dealkylation sites (N-methyl/N-ethyl adjacent to an activating group) is 1. The van der Waals surface area contributed by atoms with E-state index in [9.17, 15) is 4.79 Å². The number of hydrogen-bond donors (Lipinski definition) is 2. The summed E-state index contributed by atoms with van der Waals surface area (Å²) in [7, 11) is 1.98. The molecule has 4 rings (SSSR count). The van der Waals surface area contributed by atoms with Gasteiger partial charge in [-0.2, -0.15) is 10.2 Å². The van der Waals surface area contributed by atoms with Crippen LogP contribution in [0.15, 0.2) is 30.3 Å². The predicted octanol–water partition coefficient (Wildman–Crippen LogP) is 2.24. The molecule has 3 N–H and O–H groups in total. The van der Waals surface area contributed by atoms with Crippen LogP contribution in [0.2, 0.25) is 0 Å². The molecule has 32 heavy (non-hydrogen) atoms. The number of carbonyl (C=O) groups excluding carboxylic acids is 1. The number of aromatic nitrogens is 2. The second-order valence-electron chi connectivity index (χ2n) is 8.36. The van der Waals surface area contributed by atoms with E-state index in [1.807, 2.05) is 13.1 Å². The summed E-state index contributed by atoms with van der Waals surface area (Å²) >= 11 is 0. The molecule has 0 radical (unpaired) electrons. The highest BCUT2D eigenvalue weighted by Gasteiger charge is 2.28. The smallest absolute Gasteiger partial charge is 0.410 e. The van der Waals surface area contributed by atoms with E-state index in [4.69, 9.17) is 15.7 Å². The van der Waals surface area contributed by atoms with Crippen LogP contribution in [0.25, 0.3) is 0 Å². The number of amides is 1. The minimum absolute atomic E-state index is 0.156. The first kappa shape index (κ1) is 21.8. The van der Waals surface area contributed by atoms with Crippen molar-refractivity contribution in [2.45, 2.75) is 37.8 Å². The average molecular weight is 436 g/mol. The predicted molar refractivity (Wildman–Crippen MR) is 121 cm³/mol. The van der Waals surface area contributed by atoms with Gasteiger partial charge in [-0.15, -0.1) is 0 Å². The van der Waals surface area contributed by atoms with Crippen molar-refractivity contribution in [2.24, 2.45) is 0 Å². The lowest BCUT2D eigenvalue weighted by Gasteiger charge is -2.31. The van der Waals surface area contributed by atoms with Crippen molar-refractivity contribution < 1.29 is 9.53 Å². The van der Waals surface area contributed by atoms with Gasteiger partial charge >= 0.3 is 6.09 Å². The minimum Gasteiger partial charge on any atom is -0.445 e. The number of nitrogens with one attached hydrogen (secondary N) is 1. The van der Waals surface area contributed by atoms with Gasteiger partial charge in [0.25, 0.3) is 0 Å². The van der Waals surface area contributed by atoms with E-state index in [0.29, 0.717) is 30.6 Å². The Hall–Kier alpha value is -3.38. The topological polar surface area (TPSA) is 120 Å². The third-order valence-corrected chi connectivity index (χ3v) is 6.26. The van der Waals surface area contributed by atoms with Crippen LogP contribution >= 0.6 is 0 Å². The molecule has 1 amide bonds. The number of nitrogens with zero attached hydrogens (tertiary/aromatic N) is 5. The van der Waals surface area contributed by atoms with Crippen molar-refractivity contribution in [3.63, 3.8) is 0 Å². The maximum absolute atomic E-state index is 12.5. The molecule has 2 saturated heterocycles. The number of hydrogen-bond acceptors (Lipinski definition) is 8. The van der Waals surface area contributed by atoms with Crippen LogP contribution in [0.4, 0.5) is 16.6 Å². The Bertz CT molecular complexity index is 998. The molecule has 2 fully saturated rings. The van der Waals surface area contributed by atoms with Crippen LogP contribution in [-0.4, -0.2) is 60.2 Å². The van der Waals surface area contributed by atoms with Gasteiger partial charge in [-0.25, -0.2) is 9.78 Å². The summed E-state index contributed by atoms with van der Waals surface area (Å²) in [6.45, 7) is 3.22. The number of rotatable bonds is 5. The zero-order valence-corrected chi connectivity index (χ0v) is 18.3. The highest BCUT2D eigenvalue weighted by molar-refractivity contribution is 5.67. The lowest BCUT2D eigenvalue weighted by atomic mass is 9.93. The molecule has 0 aliphatic carbocycles. The number of benzene rings is 1. The maximum Gasteiger partial charge on any atom is 0.410 e. The summed E-state index contributed by atoms with van der Waals surface area (Å²) < 4.78 is 5.45. The molecule has 168 valence electrons. The van der Waals surface area contributed by atoms with E-state index >= 15 is 0 Å². The second-order valence-corrected chi connectivity index (χ2v) is 8.36. The molecule has 0 unspecified atom stereocenters. The lowest BCUT2D eigenvalue weighted by molar-refractivity contribution is 0.0868. The molecule has 1 aromatic carbocycles. The molecule has 3 heterocycles. The highest BCUT2D eigenvalue weighted by Crippen LogP contribution is 2.30. The number of nitrogen functional groups attached to an aromatic ring is 1. The zero-order valence-electron chi connectivity index (χ0n) is 18.3. The molecule has 0 saturated carbocycles. The minimum atomic E-state index is -0.330. The van der Waals surface area contributed by atoms with E-state index in [0.717, 1.165) is 49.4 Å². The first-order valence-corrected chi connectivity index (χ1v) is 11.0. The van der Waals surface area contributed by atoms with Gasteiger partial charge in [0.05, 0.1) is 17.3 Å². The quantitative estimate of drug-likeness (QED) is 0.734. The SMILES string of the molecule is CN[C@@H]1CCN(c2cc(C3CCN(C(=O)OCc4cccc(C#N)c4)CC3)nc(N)n2)C1. The van der Waals surface area contributed by atoms with Gasteiger partial charge in [0.2, 0.25) is 5.95 Å². The molecule has 1 atom stereocenters. The van der Waals surface area contributed by atoms with Crippen LogP contribution < -0.4 is 16.0 Å². The molecule has 2 aliphatic rings. The number of likely N-dealkylation sites (tertiary alicyclic amines) is 1. The first-order valence-electron chi connectivity index (χ1n) is 11.0. The zero-order chi connectivity index (χ0) is 22.5. The summed E-state index contributed by atoms with van der Waals surface area (Å²) in [6.07, 6.45) is 2.35. The fourth-order valence-corrected chi connectivity index (χ4v) is 4.37. The Labute approximate surface area is 188 Å². The first-order chi connectivity index (χ1) is 15.6. The summed E-state index contributed by atoms with van der Waals surface area (Å²) in [5, 5.41) is 12.3. The number of nitriles is 1. The van der Waals surface area contributed by atoms with Crippen molar-refractivity contribution >= 4 is 17.9 Å². The average Bonchev–Trinajstić information content (AvgIpc) is 3.32. The van der Waals surface area contributed by atoms with Crippen molar-refractivity contribution in [2.75, 3.05) is 43.9 Å². The summed E-state index contributed by atoms with van der Waals surface area (Å²) in [4.78, 5) is 25.4. The Morgan fingerprint density at radius 3 is 2.78 bits per heavy atom. The van der Waals surface area contributed by atoms with Crippen molar-refractivity contribution in [3.8, 4) is 6.07 Å². The molecule has 9 heteroatoms. The normalized spacial score (nSPS) is 19.1. The van der Waals surface area contributed by atoms with E-state index in [1.165, 1.54) is 0 Å². The lowest BCUT2D eigenvalue weighted by Crippen LogP contribution is -2.38. The molecular formula is C23H29N7O2. The molecule has 0 spiro atoms. The number of carbonyl (C=O) groups is 1. The van der Waals surface area contributed by atoms with Gasteiger partial charge in [-0.1, -0.05) is 12.1 Å². The molecule has 2 aromatic rings. The summed E-state index contributed by atoms with van der Waals surface area (Å²) in [5.41, 5.74) is 8.33. The molecule has 9 nitrogen and oxygen atoms in total. The Kier molecular flexibility index (Phi) is 6.71. The molecule has 1 aromatic heterocycles. The fraction of sp³-hybridized carbons (Fsp3) is 0.478. The van der Waals surface area contributed by atoms with E-state index in [2.05, 4.69) is 32.3 Å². The highest BCUT2D eigenvalue weighted by atomic mass is 16.6. The third kappa shape index (κ3) is 5.08. The second kappa shape index (κ2) is 9.83. The van der Waals surface area contributed by atoms with Gasteiger partial charge in [0.1, 0.15) is 12.4 Å². The molecular weight excluding hydrogens is 406 g/mol.